The molecule has 0 unspecified atom stereocenters. The Balaban J connectivity index is 1.60. The molecule has 3 heterocycles. The number of rotatable bonds is 4. The molecule has 0 N–H and O–H groups in total. The van der Waals surface area contributed by atoms with E-state index in [1.807, 2.05) is 6.92 Å². The average Bonchev–Trinajstić information content (AvgIpc) is 3.52. The van der Waals surface area contributed by atoms with Crippen LogP contribution in [-0.4, -0.2) is 11.6 Å². The molecule has 2 aromatic heterocycles. The zero-order chi connectivity index (χ0) is 26.5. The van der Waals surface area contributed by atoms with Crippen LogP contribution in [0.15, 0.2) is 57.7 Å². The number of nitrogens with zero attached hydrogens (tertiary/aromatic N) is 3. The van der Waals surface area contributed by atoms with Gasteiger partial charge >= 0.3 is 6.18 Å². The van der Waals surface area contributed by atoms with Crippen LogP contribution in [0.4, 0.5) is 27.6 Å². The largest absolute Gasteiger partial charge is 0.416 e. The Bertz CT molecular complexity index is 1690. The number of alkyl halides is 3. The zero-order valence-electron chi connectivity index (χ0n) is 19.5. The summed E-state index contributed by atoms with van der Waals surface area (Å²) in [5.41, 5.74) is -0.351. The third-order valence-corrected chi connectivity index (χ3v) is 9.30. The summed E-state index contributed by atoms with van der Waals surface area (Å²) < 4.78 is 72.9. The van der Waals surface area contributed by atoms with Crippen LogP contribution in [0.3, 0.4) is 0 Å². The van der Waals surface area contributed by atoms with Crippen LogP contribution in [0.25, 0.3) is 11.1 Å². The van der Waals surface area contributed by atoms with Gasteiger partial charge in [-0.15, -0.1) is 11.3 Å². The Morgan fingerprint density at radius 1 is 1.11 bits per heavy atom. The Morgan fingerprint density at radius 2 is 1.86 bits per heavy atom. The average molecular weight is 569 g/mol. The molecule has 5 rings (SSSR count). The molecular weight excluding hydrogens is 549 g/mol. The summed E-state index contributed by atoms with van der Waals surface area (Å²) in [6.45, 7) is 2.19. The van der Waals surface area contributed by atoms with E-state index in [2.05, 4.69) is 0 Å². The lowest BCUT2D eigenvalue weighted by Gasteiger charge is -2.12. The molecule has 0 saturated heterocycles. The van der Waals surface area contributed by atoms with Gasteiger partial charge in [-0.2, -0.15) is 17.7 Å². The summed E-state index contributed by atoms with van der Waals surface area (Å²) in [6.07, 6.45) is -0.992. The van der Waals surface area contributed by atoms with Crippen molar-refractivity contribution < 1.29 is 26.5 Å². The Kier molecular flexibility index (Phi) is 6.75. The van der Waals surface area contributed by atoms with Gasteiger partial charge in [-0.3, -0.25) is 9.36 Å². The number of halogens is 5. The fraction of sp³-hybridized carbons (Fsp3) is 0.200. The lowest BCUT2D eigenvalue weighted by Crippen LogP contribution is -2.37. The van der Waals surface area contributed by atoms with Gasteiger partial charge in [-0.05, 0) is 25.1 Å². The van der Waals surface area contributed by atoms with Gasteiger partial charge in [0.1, 0.15) is 14.2 Å². The minimum absolute atomic E-state index is 0.00964. The summed E-state index contributed by atoms with van der Waals surface area (Å²) in [4.78, 5) is 15.1. The van der Waals surface area contributed by atoms with Crippen molar-refractivity contribution >= 4 is 51.2 Å². The van der Waals surface area contributed by atoms with Crippen molar-refractivity contribution in [3.8, 4) is 0 Å². The maximum absolute atomic E-state index is 14.4. The standard InChI is InChI=1S/C25H19F5N3OS3/c1-3-33-19(12-18-32(10-11-35-18)13-14-6-4-5-7-15(14)25(28,29)30)36-22(23(33)34)24-31(2)17-9-8-16(26)20(27)21(17)37-24/h4-12H,3,13H2,1-2H3/q+1/b24-22+. The molecular formula is C25H19F5N3OS3+. The van der Waals surface area contributed by atoms with Crippen molar-refractivity contribution in [1.82, 2.24) is 4.57 Å². The van der Waals surface area contributed by atoms with Gasteiger partial charge < -0.3 is 4.90 Å². The minimum atomic E-state index is -4.47. The SMILES string of the molecule is CCn1c(=O)/c(=C2\Sc3c(ccc(F)c3F)N2C)s/c1=C\c1scc[n+]1Cc1ccccc1C(F)(F)F. The molecule has 1 aliphatic heterocycles. The molecule has 0 spiro atoms. The topological polar surface area (TPSA) is 29.1 Å². The van der Waals surface area contributed by atoms with Gasteiger partial charge in [-0.25, -0.2) is 8.78 Å². The van der Waals surface area contributed by atoms with Crippen LogP contribution < -0.4 is 24.2 Å². The maximum atomic E-state index is 14.4. The highest BCUT2D eigenvalue weighted by atomic mass is 32.2. The third kappa shape index (κ3) is 4.62. The highest BCUT2D eigenvalue weighted by molar-refractivity contribution is 8.08. The summed E-state index contributed by atoms with van der Waals surface area (Å²) in [5, 5.41) is 2.93. The number of hydrogen-bond donors (Lipinski definition) is 0. The second kappa shape index (κ2) is 9.73. The molecule has 4 aromatic rings. The number of fused-ring (bicyclic) bond motifs is 1. The number of aromatic nitrogens is 2. The quantitative estimate of drug-likeness (QED) is 0.263. The first-order valence-corrected chi connectivity index (χ1v) is 13.6. The van der Waals surface area contributed by atoms with Gasteiger partial charge in [-0.1, -0.05) is 41.3 Å². The molecule has 0 aliphatic carbocycles. The normalized spacial score (nSPS) is 15.5. The molecule has 37 heavy (non-hydrogen) atoms. The molecule has 0 amide bonds. The van der Waals surface area contributed by atoms with E-state index in [4.69, 9.17) is 0 Å². The van der Waals surface area contributed by atoms with E-state index in [-0.39, 0.29) is 22.6 Å². The summed E-state index contributed by atoms with van der Waals surface area (Å²) in [6, 6.07) is 7.97. The molecule has 0 atom stereocenters. The molecule has 0 radical (unpaired) electrons. The van der Waals surface area contributed by atoms with Crippen molar-refractivity contribution in [2.24, 2.45) is 0 Å². The Hall–Kier alpha value is -2.96. The van der Waals surface area contributed by atoms with Gasteiger partial charge in [0.25, 0.3) is 10.6 Å². The van der Waals surface area contributed by atoms with Crippen LogP contribution >= 0.6 is 34.4 Å². The predicted molar refractivity (Wildman–Crippen MR) is 136 cm³/mol. The fourth-order valence-corrected chi connectivity index (χ4v) is 7.45. The highest BCUT2D eigenvalue weighted by Crippen LogP contribution is 2.47. The molecule has 2 aromatic carbocycles. The molecule has 12 heteroatoms. The van der Waals surface area contributed by atoms with Crippen LogP contribution in [0.1, 0.15) is 23.1 Å². The van der Waals surface area contributed by atoms with E-state index in [0.717, 1.165) is 23.9 Å². The van der Waals surface area contributed by atoms with Crippen LogP contribution in [-0.2, 0) is 19.3 Å². The van der Waals surface area contributed by atoms with Gasteiger partial charge in [0.15, 0.2) is 24.4 Å². The second-order valence-electron chi connectivity index (χ2n) is 8.16. The Labute approximate surface area is 220 Å². The Morgan fingerprint density at radius 3 is 2.59 bits per heavy atom. The first-order valence-electron chi connectivity index (χ1n) is 11.1. The van der Waals surface area contributed by atoms with Gasteiger partial charge in [0.2, 0.25) is 0 Å². The van der Waals surface area contributed by atoms with Crippen LogP contribution in [0, 0.1) is 11.6 Å². The minimum Gasteiger partial charge on any atom is -0.337 e. The van der Waals surface area contributed by atoms with Crippen molar-refractivity contribution in [2.45, 2.75) is 31.1 Å². The number of thioether (sulfide) groups is 1. The molecule has 0 saturated carbocycles. The van der Waals surface area contributed by atoms with Crippen molar-refractivity contribution in [3.63, 3.8) is 0 Å². The van der Waals surface area contributed by atoms with E-state index in [1.165, 1.54) is 40.9 Å². The summed E-state index contributed by atoms with van der Waals surface area (Å²) >= 11 is 3.55. The van der Waals surface area contributed by atoms with Crippen molar-refractivity contribution in [3.05, 3.63) is 95.3 Å². The molecule has 0 bridgehead atoms. The monoisotopic (exact) mass is 568 g/mol. The van der Waals surface area contributed by atoms with E-state index in [0.29, 0.717) is 31.5 Å². The molecule has 0 fully saturated rings. The number of benzene rings is 2. The van der Waals surface area contributed by atoms with E-state index in [1.54, 1.807) is 44.8 Å². The van der Waals surface area contributed by atoms with Gasteiger partial charge in [0, 0.05) is 19.2 Å². The third-order valence-electron chi connectivity index (χ3n) is 5.94. The van der Waals surface area contributed by atoms with Crippen molar-refractivity contribution in [2.75, 3.05) is 11.9 Å². The van der Waals surface area contributed by atoms with E-state index >= 15 is 0 Å². The summed E-state index contributed by atoms with van der Waals surface area (Å²) in [7, 11) is 1.69. The maximum Gasteiger partial charge on any atom is 0.416 e. The molecule has 192 valence electrons. The van der Waals surface area contributed by atoms with Crippen LogP contribution in [0.2, 0.25) is 0 Å². The lowest BCUT2D eigenvalue weighted by atomic mass is 10.1. The molecule has 1 aliphatic rings. The summed E-state index contributed by atoms with van der Waals surface area (Å²) in [5.74, 6) is -1.91. The predicted octanol–water partition coefficient (Wildman–Crippen LogP) is 4.76. The lowest BCUT2D eigenvalue weighted by molar-refractivity contribution is -0.685. The number of thiazole rings is 2. The molecule has 4 nitrogen and oxygen atoms in total. The smallest absolute Gasteiger partial charge is 0.337 e. The first kappa shape index (κ1) is 25.7. The zero-order valence-corrected chi connectivity index (χ0v) is 21.9. The highest BCUT2D eigenvalue weighted by Gasteiger charge is 2.34. The number of anilines is 1. The van der Waals surface area contributed by atoms with Crippen LogP contribution in [0.5, 0.6) is 0 Å². The fourth-order valence-electron chi connectivity index (χ4n) is 4.11. The second-order valence-corrected chi connectivity index (χ2v) is 11.1. The van der Waals surface area contributed by atoms with E-state index in [9.17, 15) is 26.7 Å². The van der Waals surface area contributed by atoms with E-state index < -0.39 is 23.4 Å². The number of hydrogen-bond acceptors (Lipinski definition) is 5. The van der Waals surface area contributed by atoms with Gasteiger partial charge in [0.05, 0.1) is 27.6 Å². The first-order chi connectivity index (χ1) is 17.6. The van der Waals surface area contributed by atoms with Crippen molar-refractivity contribution in [1.29, 1.82) is 0 Å².